The van der Waals surface area contributed by atoms with E-state index in [2.05, 4.69) is 25.9 Å². The fourth-order valence-electron chi connectivity index (χ4n) is 6.38. The second kappa shape index (κ2) is 14.2. The molecule has 3 N–H and O–H groups in total. The Labute approximate surface area is 298 Å². The van der Waals surface area contributed by atoms with E-state index in [1.54, 1.807) is 72.8 Å². The predicted octanol–water partition coefficient (Wildman–Crippen LogP) is 7.31. The molecule has 0 amide bonds. The molecule has 0 spiro atoms. The quantitative estimate of drug-likeness (QED) is 0.101. The Morgan fingerprint density at radius 1 is 0.846 bits per heavy atom. The van der Waals surface area contributed by atoms with Crippen LogP contribution >= 0.6 is 0 Å². The van der Waals surface area contributed by atoms with Gasteiger partial charge in [0.1, 0.15) is 40.7 Å². The zero-order chi connectivity index (χ0) is 37.1. The van der Waals surface area contributed by atoms with Crippen molar-refractivity contribution in [2.45, 2.75) is 42.9 Å². The highest BCUT2D eigenvalue weighted by Gasteiger charge is 2.63. The number of ether oxygens (including phenoxy) is 3. The fraction of sp³-hybridized carbons (Fsp3) is 0.256. The topological polar surface area (TPSA) is 113 Å². The van der Waals surface area contributed by atoms with Crippen molar-refractivity contribution in [2.75, 3.05) is 26.1 Å². The highest BCUT2D eigenvalue weighted by Crippen LogP contribution is 2.45. The number of hydrogen-bond acceptors (Lipinski definition) is 9. The van der Waals surface area contributed by atoms with Crippen LogP contribution in [0.15, 0.2) is 109 Å². The Balaban J connectivity index is 1.51. The third kappa shape index (κ3) is 6.64. The maximum Gasteiger partial charge on any atom is 0.420 e. The van der Waals surface area contributed by atoms with Crippen molar-refractivity contribution in [1.82, 2.24) is 20.6 Å². The number of anilines is 2. The molecule has 1 fully saturated rings. The lowest BCUT2D eigenvalue weighted by molar-refractivity contribution is -0.306. The van der Waals surface area contributed by atoms with Gasteiger partial charge in [-0.1, -0.05) is 54.6 Å². The lowest BCUT2D eigenvalue weighted by Gasteiger charge is -2.53. The number of nitrogens with one attached hydrogen (secondary N) is 3. The van der Waals surface area contributed by atoms with E-state index in [1.807, 2.05) is 24.3 Å². The molecule has 3 atom stereocenters. The first-order valence-corrected chi connectivity index (χ1v) is 16.3. The first-order valence-electron chi connectivity index (χ1n) is 16.3. The first kappa shape index (κ1) is 36.2. The summed E-state index contributed by atoms with van der Waals surface area (Å²) in [4.78, 5) is 8.65. The number of alkyl halides is 3. The minimum absolute atomic E-state index is 0.124. The van der Waals surface area contributed by atoms with Crippen LogP contribution in [-0.2, 0) is 15.8 Å². The molecule has 5 aromatic rings. The highest BCUT2D eigenvalue weighted by molar-refractivity contribution is 5.60. The molecule has 1 saturated heterocycles. The van der Waals surface area contributed by atoms with Crippen LogP contribution in [-0.4, -0.2) is 48.7 Å². The second-order valence-electron chi connectivity index (χ2n) is 12.7. The Bertz CT molecular complexity index is 2010. The average Bonchev–Trinajstić information content (AvgIpc) is 3.16. The monoisotopic (exact) mass is 712 g/mol. The van der Waals surface area contributed by atoms with Gasteiger partial charge in [-0.15, -0.1) is 0 Å². The van der Waals surface area contributed by atoms with Crippen LogP contribution in [0.4, 0.5) is 29.2 Å². The van der Waals surface area contributed by atoms with Crippen LogP contribution in [0.2, 0.25) is 0 Å². The summed E-state index contributed by atoms with van der Waals surface area (Å²) in [5.74, 6) is 0.631. The maximum atomic E-state index is 15.8. The van der Waals surface area contributed by atoms with E-state index in [9.17, 15) is 5.26 Å². The molecule has 6 rings (SSSR count). The van der Waals surface area contributed by atoms with Gasteiger partial charge in [0.05, 0.1) is 43.6 Å². The van der Waals surface area contributed by atoms with E-state index in [0.29, 0.717) is 28.2 Å². The zero-order valence-electron chi connectivity index (χ0n) is 28.8. The van der Waals surface area contributed by atoms with E-state index in [1.165, 1.54) is 33.4 Å². The molecule has 0 aliphatic carbocycles. The van der Waals surface area contributed by atoms with Crippen molar-refractivity contribution in [2.24, 2.45) is 0 Å². The summed E-state index contributed by atoms with van der Waals surface area (Å²) in [6, 6.07) is 30.8. The molecule has 3 heterocycles. The number of hydrogen-bond donors (Lipinski definition) is 3. The standard InChI is InChI=1S/C39H36F4N6O3/c1-36(33-31(40)20-21-32(46-33)47-34-25(23-44)9-8-22-45-34)24-52-37(2,39(41,42)43)35(48-36)49-38(26-10-6-5-7-11-26,27-12-16-29(50-3)17-13-27)28-14-18-30(51-4)19-15-28/h5-22,35,48-49H,24H2,1-4H3,(H,45,46,47)/t35?,36-,37+/m0/s1. The summed E-state index contributed by atoms with van der Waals surface area (Å²) in [6.07, 6.45) is -5.14. The van der Waals surface area contributed by atoms with E-state index in [-0.39, 0.29) is 22.9 Å². The van der Waals surface area contributed by atoms with E-state index in [4.69, 9.17) is 14.2 Å². The molecule has 3 aromatic carbocycles. The SMILES string of the molecule is COc1ccc(C(NC2N[C@](C)(c3nc(Nc4ncccc4C#N)ccc3F)CO[C@@]2(C)C(F)(F)F)(c2ccccc2)c2ccc(OC)cc2)cc1. The molecule has 268 valence electrons. The van der Waals surface area contributed by atoms with Gasteiger partial charge in [-0.05, 0) is 79.1 Å². The van der Waals surface area contributed by atoms with Crippen LogP contribution in [0.3, 0.4) is 0 Å². The largest absolute Gasteiger partial charge is 0.497 e. The molecule has 9 nitrogen and oxygen atoms in total. The fourth-order valence-corrected chi connectivity index (χ4v) is 6.38. The third-order valence-electron chi connectivity index (χ3n) is 9.39. The van der Waals surface area contributed by atoms with Crippen LogP contribution in [0.1, 0.15) is 41.8 Å². The molecule has 0 bridgehead atoms. The number of aromatic nitrogens is 2. The lowest BCUT2D eigenvalue weighted by Crippen LogP contribution is -2.76. The van der Waals surface area contributed by atoms with Crippen molar-refractivity contribution in [3.05, 3.63) is 143 Å². The predicted molar refractivity (Wildman–Crippen MR) is 187 cm³/mol. The van der Waals surface area contributed by atoms with Gasteiger partial charge in [-0.2, -0.15) is 18.4 Å². The normalized spacial score (nSPS) is 20.5. The van der Waals surface area contributed by atoms with Crippen LogP contribution < -0.4 is 25.4 Å². The van der Waals surface area contributed by atoms with Gasteiger partial charge in [0.15, 0.2) is 5.60 Å². The molecule has 1 aliphatic heterocycles. The van der Waals surface area contributed by atoms with E-state index >= 15 is 17.6 Å². The molecule has 2 aromatic heterocycles. The number of nitrogens with zero attached hydrogens (tertiary/aromatic N) is 3. The number of benzene rings is 3. The summed E-state index contributed by atoms with van der Waals surface area (Å²) in [6.45, 7) is 1.89. The van der Waals surface area contributed by atoms with Crippen LogP contribution in [0, 0.1) is 17.1 Å². The number of halogens is 4. The number of methoxy groups -OCH3 is 2. The number of rotatable bonds is 10. The van der Waals surface area contributed by atoms with Gasteiger partial charge in [0.2, 0.25) is 0 Å². The lowest BCUT2D eigenvalue weighted by atomic mass is 9.75. The van der Waals surface area contributed by atoms with Gasteiger partial charge in [-0.3, -0.25) is 10.6 Å². The van der Waals surface area contributed by atoms with Crippen molar-refractivity contribution in [1.29, 1.82) is 5.26 Å². The summed E-state index contributed by atoms with van der Waals surface area (Å²) in [7, 11) is 3.05. The van der Waals surface area contributed by atoms with E-state index in [0.717, 1.165) is 13.0 Å². The van der Waals surface area contributed by atoms with Gasteiger partial charge >= 0.3 is 6.18 Å². The van der Waals surface area contributed by atoms with Crippen LogP contribution in [0.25, 0.3) is 0 Å². The molecule has 13 heteroatoms. The number of morpholine rings is 1. The summed E-state index contributed by atoms with van der Waals surface area (Å²) < 4.78 is 78.3. The minimum atomic E-state index is -4.90. The van der Waals surface area contributed by atoms with Crippen LogP contribution in [0.5, 0.6) is 11.5 Å². The first-order chi connectivity index (χ1) is 24.9. The Hall–Kier alpha value is -5.55. The van der Waals surface area contributed by atoms with Gasteiger partial charge < -0.3 is 19.5 Å². The third-order valence-corrected chi connectivity index (χ3v) is 9.39. The van der Waals surface area contributed by atoms with E-state index < -0.39 is 41.4 Å². The second-order valence-corrected chi connectivity index (χ2v) is 12.7. The Morgan fingerprint density at radius 2 is 1.44 bits per heavy atom. The smallest absolute Gasteiger partial charge is 0.420 e. The van der Waals surface area contributed by atoms with Crippen molar-refractivity contribution in [3.8, 4) is 17.6 Å². The number of pyridine rings is 2. The molecule has 0 radical (unpaired) electrons. The van der Waals surface area contributed by atoms with Crippen molar-refractivity contribution < 1.29 is 31.8 Å². The minimum Gasteiger partial charge on any atom is -0.497 e. The summed E-state index contributed by atoms with van der Waals surface area (Å²) >= 11 is 0. The molecule has 1 unspecified atom stereocenters. The van der Waals surface area contributed by atoms with Crippen molar-refractivity contribution in [3.63, 3.8) is 0 Å². The molecule has 0 saturated carbocycles. The maximum absolute atomic E-state index is 15.8. The Morgan fingerprint density at radius 3 is 2.00 bits per heavy atom. The van der Waals surface area contributed by atoms with Gasteiger partial charge in [0.25, 0.3) is 0 Å². The number of nitriles is 1. The summed E-state index contributed by atoms with van der Waals surface area (Å²) in [5, 5.41) is 18.9. The van der Waals surface area contributed by atoms with Crippen molar-refractivity contribution >= 4 is 11.6 Å². The highest BCUT2D eigenvalue weighted by atomic mass is 19.4. The average molecular weight is 713 g/mol. The van der Waals surface area contributed by atoms with Gasteiger partial charge in [-0.25, -0.2) is 14.4 Å². The van der Waals surface area contributed by atoms with Gasteiger partial charge in [0, 0.05) is 6.20 Å². The molecule has 52 heavy (non-hydrogen) atoms. The Kier molecular flexibility index (Phi) is 9.92. The molecular weight excluding hydrogens is 676 g/mol. The summed E-state index contributed by atoms with van der Waals surface area (Å²) in [5.41, 5.74) is -4.08. The zero-order valence-corrected chi connectivity index (χ0v) is 28.8. The molecule has 1 aliphatic rings. The molecular formula is C39H36F4N6O3.